The molecule has 0 aliphatic rings. The average Bonchev–Trinajstić information content (AvgIpc) is 3.37. The van der Waals surface area contributed by atoms with E-state index in [1.807, 2.05) is 0 Å². The van der Waals surface area contributed by atoms with Crippen molar-refractivity contribution in [2.45, 2.75) is 0 Å². The minimum Gasteiger partial charge on any atom is -0.459 e. The number of carbonyl (C=O) groups excluding carboxylic acids is 2. The fraction of sp³-hybridized carbons (Fsp3) is 0. The van der Waals surface area contributed by atoms with Crippen molar-refractivity contribution in [3.8, 4) is 11.5 Å². The van der Waals surface area contributed by atoms with E-state index in [4.69, 9.17) is 20.8 Å². The molecule has 0 saturated heterocycles. The van der Waals surface area contributed by atoms with Crippen LogP contribution in [0.5, 0.6) is 11.5 Å². The van der Waals surface area contributed by atoms with E-state index in [1.54, 1.807) is 42.6 Å². The molecular weight excluding hydrogens is 461 g/mol. The van der Waals surface area contributed by atoms with E-state index in [1.165, 1.54) is 48.9 Å². The molecular formula is C25H17ClFN3O4. The Bertz CT molecular complexity index is 1340. The maximum absolute atomic E-state index is 14.4. The third-order valence-corrected chi connectivity index (χ3v) is 4.71. The lowest BCUT2D eigenvalue weighted by Crippen LogP contribution is -2.15. The topological polar surface area (TPSA) is 93.5 Å². The van der Waals surface area contributed by atoms with E-state index >= 15 is 0 Å². The minimum atomic E-state index is -0.591. The molecule has 0 fully saturated rings. The van der Waals surface area contributed by atoms with Gasteiger partial charge in [-0.1, -0.05) is 17.7 Å². The number of ether oxygens (including phenoxy) is 1. The first kappa shape index (κ1) is 22.8. The number of hydrogen-bond donors (Lipinski definition) is 2. The summed E-state index contributed by atoms with van der Waals surface area (Å²) in [5, 5.41) is 5.67. The number of amides is 2. The Morgan fingerprint density at radius 3 is 2.65 bits per heavy atom. The Morgan fingerprint density at radius 1 is 1.03 bits per heavy atom. The second-order valence-corrected chi connectivity index (χ2v) is 7.36. The zero-order chi connectivity index (χ0) is 23.9. The largest absolute Gasteiger partial charge is 0.459 e. The third-order valence-electron chi connectivity index (χ3n) is 4.48. The molecule has 2 N–H and O–H groups in total. The highest BCUT2D eigenvalue weighted by molar-refractivity contribution is 6.31. The molecule has 0 bridgehead atoms. The van der Waals surface area contributed by atoms with Crippen molar-refractivity contribution in [2.75, 3.05) is 10.6 Å². The van der Waals surface area contributed by atoms with Gasteiger partial charge in [-0.25, -0.2) is 4.39 Å². The van der Waals surface area contributed by atoms with Crippen molar-refractivity contribution in [3.63, 3.8) is 0 Å². The number of pyridine rings is 1. The van der Waals surface area contributed by atoms with Gasteiger partial charge in [0, 0.05) is 17.3 Å². The summed E-state index contributed by atoms with van der Waals surface area (Å²) in [6.07, 6.45) is 7.12. The van der Waals surface area contributed by atoms with Crippen LogP contribution in [0.4, 0.5) is 15.8 Å². The Kier molecular flexibility index (Phi) is 7.00. The van der Waals surface area contributed by atoms with Gasteiger partial charge in [0.1, 0.15) is 5.75 Å². The van der Waals surface area contributed by atoms with E-state index in [0.717, 1.165) is 0 Å². The molecule has 0 atom stereocenters. The van der Waals surface area contributed by atoms with Crippen molar-refractivity contribution in [2.24, 2.45) is 0 Å². The number of hydrogen-bond acceptors (Lipinski definition) is 5. The Morgan fingerprint density at radius 2 is 1.91 bits per heavy atom. The molecule has 0 spiro atoms. The van der Waals surface area contributed by atoms with Crippen molar-refractivity contribution in [3.05, 3.63) is 108 Å². The third kappa shape index (κ3) is 5.87. The van der Waals surface area contributed by atoms with Gasteiger partial charge < -0.3 is 19.8 Å². The first-order valence-electron chi connectivity index (χ1n) is 9.99. The van der Waals surface area contributed by atoms with Crippen LogP contribution in [0.15, 0.2) is 89.8 Å². The summed E-state index contributed by atoms with van der Waals surface area (Å²) in [5.74, 6) is -1.04. The zero-order valence-corrected chi connectivity index (χ0v) is 18.3. The molecule has 2 aromatic carbocycles. The number of anilines is 2. The molecule has 4 rings (SSSR count). The second-order valence-electron chi connectivity index (χ2n) is 6.92. The number of halogens is 2. The van der Waals surface area contributed by atoms with Crippen LogP contribution in [0, 0.1) is 5.82 Å². The fourth-order valence-electron chi connectivity index (χ4n) is 2.90. The lowest BCUT2D eigenvalue weighted by molar-refractivity contribution is -0.111. The van der Waals surface area contributed by atoms with Crippen LogP contribution in [0.25, 0.3) is 6.08 Å². The summed E-state index contributed by atoms with van der Waals surface area (Å²) in [6, 6.07) is 15.4. The molecule has 9 heteroatoms. The van der Waals surface area contributed by atoms with Crippen molar-refractivity contribution >= 4 is 40.9 Å². The molecule has 2 heterocycles. The summed E-state index contributed by atoms with van der Waals surface area (Å²) in [4.78, 5) is 28.6. The summed E-state index contributed by atoms with van der Waals surface area (Å²) in [5.41, 5.74) is 1.07. The highest BCUT2D eigenvalue weighted by atomic mass is 35.5. The Balaban J connectivity index is 1.43. The first-order chi connectivity index (χ1) is 16.5. The molecule has 0 aliphatic carbocycles. The molecule has 0 aliphatic heterocycles. The SMILES string of the molecule is O=C(/C=C/c1ccc(Oc2cccnc2)c(F)c1)Nc1ccc(Cl)cc1NC(=O)c1ccco1. The first-order valence-corrected chi connectivity index (χ1v) is 10.4. The van der Waals surface area contributed by atoms with Crippen molar-refractivity contribution in [1.82, 2.24) is 4.98 Å². The molecule has 34 heavy (non-hydrogen) atoms. The van der Waals surface area contributed by atoms with E-state index in [9.17, 15) is 14.0 Å². The fourth-order valence-corrected chi connectivity index (χ4v) is 3.08. The van der Waals surface area contributed by atoms with Crippen LogP contribution in [0.3, 0.4) is 0 Å². The number of rotatable bonds is 7. The Labute approximate surface area is 198 Å². The van der Waals surface area contributed by atoms with Gasteiger partial charge in [0.2, 0.25) is 5.91 Å². The number of furan rings is 1. The summed E-state index contributed by atoms with van der Waals surface area (Å²) < 4.78 is 24.9. The average molecular weight is 478 g/mol. The summed E-state index contributed by atoms with van der Waals surface area (Å²) in [6.45, 7) is 0. The predicted octanol–water partition coefficient (Wildman–Crippen LogP) is 6.16. The number of nitrogens with zero attached hydrogens (tertiary/aromatic N) is 1. The number of carbonyl (C=O) groups is 2. The van der Waals surface area contributed by atoms with Crippen LogP contribution < -0.4 is 15.4 Å². The number of benzene rings is 2. The predicted molar refractivity (Wildman–Crippen MR) is 126 cm³/mol. The highest BCUT2D eigenvalue weighted by Crippen LogP contribution is 2.27. The number of nitrogens with one attached hydrogen (secondary N) is 2. The van der Waals surface area contributed by atoms with Crippen molar-refractivity contribution < 1.29 is 23.1 Å². The lowest BCUT2D eigenvalue weighted by Gasteiger charge is -2.11. The van der Waals surface area contributed by atoms with E-state index in [2.05, 4.69) is 15.6 Å². The van der Waals surface area contributed by atoms with Crippen LogP contribution in [-0.4, -0.2) is 16.8 Å². The van der Waals surface area contributed by atoms with Gasteiger partial charge in [0.25, 0.3) is 5.91 Å². The minimum absolute atomic E-state index is 0.0349. The van der Waals surface area contributed by atoms with E-state index in [0.29, 0.717) is 27.7 Å². The van der Waals surface area contributed by atoms with Crippen molar-refractivity contribution in [1.29, 1.82) is 0 Å². The molecule has 2 aromatic heterocycles. The van der Waals surface area contributed by atoms with Gasteiger partial charge in [-0.2, -0.15) is 0 Å². The summed E-state index contributed by atoms with van der Waals surface area (Å²) in [7, 11) is 0. The molecule has 0 radical (unpaired) electrons. The maximum atomic E-state index is 14.4. The van der Waals surface area contributed by atoms with Crippen LogP contribution >= 0.6 is 11.6 Å². The number of aromatic nitrogens is 1. The smallest absolute Gasteiger partial charge is 0.291 e. The van der Waals surface area contributed by atoms with Gasteiger partial charge in [-0.15, -0.1) is 0 Å². The van der Waals surface area contributed by atoms with Gasteiger partial charge in [0.15, 0.2) is 17.3 Å². The molecule has 4 aromatic rings. The summed E-state index contributed by atoms with van der Waals surface area (Å²) >= 11 is 6.03. The maximum Gasteiger partial charge on any atom is 0.291 e. The van der Waals surface area contributed by atoms with Crippen LogP contribution in [0.1, 0.15) is 16.1 Å². The molecule has 7 nitrogen and oxygen atoms in total. The standard InChI is InChI=1S/C25H17ClFN3O4/c26-17-7-8-20(21(14-17)30-25(32)23-4-2-12-33-23)29-24(31)10-6-16-5-9-22(19(27)13-16)34-18-3-1-11-28-15-18/h1-15H,(H,29,31)(H,30,32)/b10-6+. The van der Waals surface area contributed by atoms with Crippen LogP contribution in [0.2, 0.25) is 5.02 Å². The van der Waals surface area contributed by atoms with E-state index in [-0.39, 0.29) is 11.5 Å². The molecule has 170 valence electrons. The monoisotopic (exact) mass is 477 g/mol. The quantitative estimate of drug-likeness (QED) is 0.311. The van der Waals surface area contributed by atoms with Gasteiger partial charge in [0.05, 0.1) is 23.8 Å². The normalized spacial score (nSPS) is 10.8. The molecule has 2 amide bonds. The van der Waals surface area contributed by atoms with Gasteiger partial charge in [-0.3, -0.25) is 14.6 Å². The van der Waals surface area contributed by atoms with E-state index < -0.39 is 17.6 Å². The highest BCUT2D eigenvalue weighted by Gasteiger charge is 2.13. The van der Waals surface area contributed by atoms with Crippen LogP contribution in [-0.2, 0) is 4.79 Å². The van der Waals surface area contributed by atoms with Gasteiger partial charge >= 0.3 is 0 Å². The lowest BCUT2D eigenvalue weighted by atomic mass is 10.2. The zero-order valence-electron chi connectivity index (χ0n) is 17.5. The van der Waals surface area contributed by atoms with Gasteiger partial charge in [-0.05, 0) is 66.2 Å². The molecule has 0 saturated carbocycles. The molecule has 0 unspecified atom stereocenters. The second kappa shape index (κ2) is 10.5. The Hall–Kier alpha value is -4.43.